The zero-order chi connectivity index (χ0) is 33.8. The molecule has 2 amide bonds. The summed E-state index contributed by atoms with van der Waals surface area (Å²) < 4.78 is 12.3. The van der Waals surface area contributed by atoms with Crippen LogP contribution in [0, 0.1) is 5.92 Å². The standard InChI is InChI=1S/C39H49N3O5Si/c1-27-35(21-15-28-10-8-13-30(24-28)42-37(44)22-20-34(40-42)29-11-6-5-7-12-29)47-36(25-38(45)41-23-9-14-31(41)26-43)39(27)48(3,4)33-18-16-32(46-2)17-19-33/h5-8,10-13,16-19,24,27,31,35-36,39,43H,9,14-15,20-23,25-26H2,1-4H3/t27-,31+,35+,36-,39+/m1/s1. The van der Waals surface area contributed by atoms with Crippen molar-refractivity contribution in [3.8, 4) is 5.75 Å². The molecule has 5 atom stereocenters. The number of aryl methyl sites for hydroxylation is 1. The molecule has 48 heavy (non-hydrogen) atoms. The Morgan fingerprint density at radius 1 is 1.02 bits per heavy atom. The molecule has 0 radical (unpaired) electrons. The van der Waals surface area contributed by atoms with Gasteiger partial charge in [-0.1, -0.05) is 79.8 Å². The first-order valence-electron chi connectivity index (χ1n) is 17.4. The number of carbonyl (C=O) groups excluding carboxylic acids is 2. The van der Waals surface area contributed by atoms with Crippen LogP contribution in [0.5, 0.6) is 5.75 Å². The van der Waals surface area contributed by atoms with Gasteiger partial charge < -0.3 is 19.5 Å². The summed E-state index contributed by atoms with van der Waals surface area (Å²) in [7, 11) is -0.439. The van der Waals surface area contributed by atoms with Crippen molar-refractivity contribution in [3.63, 3.8) is 0 Å². The maximum Gasteiger partial charge on any atom is 0.247 e. The largest absolute Gasteiger partial charge is 0.497 e. The minimum atomic E-state index is -2.12. The number of hydrogen-bond acceptors (Lipinski definition) is 6. The highest BCUT2D eigenvalue weighted by atomic mass is 28.3. The lowest BCUT2D eigenvalue weighted by atomic mass is 9.95. The van der Waals surface area contributed by atoms with Crippen LogP contribution in [-0.2, 0) is 20.7 Å². The molecule has 1 N–H and O–H groups in total. The molecule has 9 heteroatoms. The molecule has 6 rings (SSSR count). The van der Waals surface area contributed by atoms with Gasteiger partial charge in [-0.25, -0.2) is 5.01 Å². The molecule has 254 valence electrons. The van der Waals surface area contributed by atoms with Gasteiger partial charge in [0.2, 0.25) is 11.8 Å². The first-order chi connectivity index (χ1) is 23.2. The van der Waals surface area contributed by atoms with Crippen molar-refractivity contribution in [1.29, 1.82) is 0 Å². The lowest BCUT2D eigenvalue weighted by Gasteiger charge is -2.36. The zero-order valence-corrected chi connectivity index (χ0v) is 29.7. The van der Waals surface area contributed by atoms with Gasteiger partial charge in [-0.15, -0.1) is 0 Å². The van der Waals surface area contributed by atoms with E-state index >= 15 is 0 Å². The van der Waals surface area contributed by atoms with Crippen LogP contribution in [0.1, 0.15) is 56.6 Å². The highest BCUT2D eigenvalue weighted by Crippen LogP contribution is 2.47. The Hall–Kier alpha value is -3.79. The van der Waals surface area contributed by atoms with E-state index in [0.717, 1.165) is 54.0 Å². The van der Waals surface area contributed by atoms with E-state index in [-0.39, 0.29) is 48.1 Å². The maximum absolute atomic E-state index is 13.7. The van der Waals surface area contributed by atoms with E-state index in [0.29, 0.717) is 25.8 Å². The smallest absolute Gasteiger partial charge is 0.247 e. The zero-order valence-electron chi connectivity index (χ0n) is 28.7. The molecule has 3 aliphatic rings. The summed E-state index contributed by atoms with van der Waals surface area (Å²) in [4.78, 5) is 28.5. The molecule has 3 aromatic carbocycles. The molecule has 0 aromatic heterocycles. The summed E-state index contributed by atoms with van der Waals surface area (Å²) in [6, 6.07) is 26.5. The average molecular weight is 668 g/mol. The minimum Gasteiger partial charge on any atom is -0.497 e. The van der Waals surface area contributed by atoms with Gasteiger partial charge in [0, 0.05) is 19.4 Å². The fourth-order valence-electron chi connectivity index (χ4n) is 8.23. The van der Waals surface area contributed by atoms with Crippen molar-refractivity contribution in [2.75, 3.05) is 25.3 Å². The van der Waals surface area contributed by atoms with Crippen molar-refractivity contribution in [2.24, 2.45) is 11.0 Å². The number of hydrogen-bond donors (Lipinski definition) is 1. The Balaban J connectivity index is 1.21. The number of aliphatic hydroxyl groups is 1. The second-order valence-electron chi connectivity index (χ2n) is 14.1. The third kappa shape index (κ3) is 7.14. The van der Waals surface area contributed by atoms with Crippen LogP contribution in [0.3, 0.4) is 0 Å². The Labute approximate surface area is 285 Å². The number of likely N-dealkylation sites (tertiary alicyclic amines) is 1. The van der Waals surface area contributed by atoms with Gasteiger partial charge >= 0.3 is 0 Å². The van der Waals surface area contributed by atoms with E-state index in [2.05, 4.69) is 44.3 Å². The highest BCUT2D eigenvalue weighted by molar-refractivity contribution is 6.91. The summed E-state index contributed by atoms with van der Waals surface area (Å²) >= 11 is 0. The molecule has 0 spiro atoms. The van der Waals surface area contributed by atoms with Crippen LogP contribution >= 0.6 is 0 Å². The number of aliphatic hydroxyl groups excluding tert-OH is 1. The summed E-state index contributed by atoms with van der Waals surface area (Å²) in [5.41, 5.74) is 4.11. The normalized spacial score (nSPS) is 24.6. The van der Waals surface area contributed by atoms with Crippen LogP contribution in [0.25, 0.3) is 0 Å². The SMILES string of the molecule is COc1ccc([Si](C)(C)[C@H]2[C@H](C)[C@H](CCc3cccc(N4N=C(c5ccccc5)CCC4=O)c3)O[C@@H]2CC(=O)N2CCC[C@H]2CO)cc1. The van der Waals surface area contributed by atoms with Crippen LogP contribution in [0.15, 0.2) is 84.0 Å². The van der Waals surface area contributed by atoms with Gasteiger partial charge in [0.15, 0.2) is 0 Å². The number of nitrogens with zero attached hydrogens (tertiary/aromatic N) is 3. The molecule has 2 saturated heterocycles. The van der Waals surface area contributed by atoms with Crippen LogP contribution < -0.4 is 14.9 Å². The second kappa shape index (κ2) is 14.8. The first-order valence-corrected chi connectivity index (χ1v) is 20.5. The Bertz CT molecular complexity index is 1610. The fraction of sp³-hybridized carbons (Fsp3) is 0.462. The molecule has 3 aromatic rings. The Morgan fingerprint density at radius 2 is 1.79 bits per heavy atom. The summed E-state index contributed by atoms with van der Waals surface area (Å²) in [6.07, 6.45) is 4.58. The van der Waals surface area contributed by atoms with E-state index in [9.17, 15) is 14.7 Å². The number of ether oxygens (including phenoxy) is 2. The van der Waals surface area contributed by atoms with Crippen molar-refractivity contribution in [3.05, 3.63) is 90.0 Å². The number of rotatable bonds is 11. The number of methoxy groups -OCH3 is 1. The van der Waals surface area contributed by atoms with Crippen LogP contribution in [0.2, 0.25) is 18.6 Å². The monoisotopic (exact) mass is 667 g/mol. The lowest BCUT2D eigenvalue weighted by Crippen LogP contribution is -2.51. The van der Waals surface area contributed by atoms with E-state index in [1.807, 2.05) is 59.5 Å². The molecule has 0 bridgehead atoms. The quantitative estimate of drug-likeness (QED) is 0.257. The van der Waals surface area contributed by atoms with Crippen molar-refractivity contribution < 1.29 is 24.2 Å². The highest BCUT2D eigenvalue weighted by Gasteiger charge is 2.51. The van der Waals surface area contributed by atoms with E-state index in [1.165, 1.54) is 5.19 Å². The van der Waals surface area contributed by atoms with E-state index < -0.39 is 8.07 Å². The summed E-state index contributed by atoms with van der Waals surface area (Å²) in [6.45, 7) is 7.80. The molecule has 3 heterocycles. The predicted octanol–water partition coefficient (Wildman–Crippen LogP) is 5.92. The van der Waals surface area contributed by atoms with Crippen LogP contribution in [-0.4, -0.2) is 74.1 Å². The minimum absolute atomic E-state index is 0.00194. The number of carbonyl (C=O) groups is 2. The number of anilines is 1. The van der Waals surface area contributed by atoms with Crippen LogP contribution in [0.4, 0.5) is 5.69 Å². The van der Waals surface area contributed by atoms with E-state index in [1.54, 1.807) is 12.1 Å². The third-order valence-electron chi connectivity index (χ3n) is 10.9. The first kappa shape index (κ1) is 34.1. The molecule has 0 unspecified atom stereocenters. The molecule has 2 fully saturated rings. The van der Waals surface area contributed by atoms with Crippen molar-refractivity contribution in [2.45, 2.75) is 88.8 Å². The molecular weight excluding hydrogens is 619 g/mol. The molecule has 0 aliphatic carbocycles. The van der Waals surface area contributed by atoms with Crippen molar-refractivity contribution >= 4 is 36.5 Å². The lowest BCUT2D eigenvalue weighted by molar-refractivity contribution is -0.135. The fourth-order valence-corrected chi connectivity index (χ4v) is 12.3. The van der Waals surface area contributed by atoms with Gasteiger partial charge in [-0.2, -0.15) is 5.10 Å². The Kier molecular flexibility index (Phi) is 10.5. The van der Waals surface area contributed by atoms with Crippen molar-refractivity contribution in [1.82, 2.24) is 4.90 Å². The van der Waals surface area contributed by atoms with Gasteiger partial charge in [0.05, 0.1) is 57.9 Å². The number of amides is 2. The van der Waals surface area contributed by atoms with Gasteiger partial charge in [-0.05, 0) is 72.5 Å². The number of benzene rings is 3. The van der Waals surface area contributed by atoms with E-state index in [4.69, 9.17) is 14.6 Å². The Morgan fingerprint density at radius 3 is 2.52 bits per heavy atom. The summed E-state index contributed by atoms with van der Waals surface area (Å²) in [5, 5.41) is 17.6. The second-order valence-corrected chi connectivity index (χ2v) is 18.8. The molecule has 3 aliphatic heterocycles. The average Bonchev–Trinajstić information content (AvgIpc) is 3.72. The topological polar surface area (TPSA) is 91.7 Å². The maximum atomic E-state index is 13.7. The number of hydrazone groups is 1. The molecule has 0 saturated carbocycles. The predicted molar refractivity (Wildman–Crippen MR) is 193 cm³/mol. The van der Waals surface area contributed by atoms with Gasteiger partial charge in [-0.3, -0.25) is 9.59 Å². The van der Waals surface area contributed by atoms with Gasteiger partial charge in [0.1, 0.15) is 5.75 Å². The molecular formula is C39H49N3O5Si. The third-order valence-corrected chi connectivity index (χ3v) is 15.3. The molecule has 8 nitrogen and oxygen atoms in total. The van der Waals surface area contributed by atoms with Gasteiger partial charge in [0.25, 0.3) is 0 Å². The summed E-state index contributed by atoms with van der Waals surface area (Å²) in [5.74, 6) is 1.18.